The van der Waals surface area contributed by atoms with E-state index in [0.717, 1.165) is 87.0 Å². The minimum atomic E-state index is -5.80. The molecule has 3 aliphatic rings. The van der Waals surface area contributed by atoms with Crippen molar-refractivity contribution in [2.24, 2.45) is 5.41 Å². The molecular weight excluding hydrogens is 894 g/mol. The van der Waals surface area contributed by atoms with Gasteiger partial charge in [-0.1, -0.05) is 43.2 Å². The molecule has 3 aromatic carbocycles. The molecule has 2 fully saturated rings. The molecule has 64 heavy (non-hydrogen) atoms. The number of nitrogens with zero attached hydrogens (tertiary/aromatic N) is 3. The number of hydrogen-bond acceptors (Lipinski definition) is 11. The number of ether oxygens (including phenoxy) is 1. The van der Waals surface area contributed by atoms with E-state index in [4.69, 9.17) is 4.74 Å². The Balaban J connectivity index is 1.07. The van der Waals surface area contributed by atoms with Crippen molar-refractivity contribution < 1.29 is 45.0 Å². The Morgan fingerprint density at radius 3 is 2.36 bits per heavy atom. The van der Waals surface area contributed by atoms with E-state index in [1.165, 1.54) is 35.0 Å². The second-order valence-corrected chi connectivity index (χ2v) is 21.4. The van der Waals surface area contributed by atoms with Gasteiger partial charge in [-0.2, -0.15) is 13.2 Å². The highest BCUT2D eigenvalue weighted by Gasteiger charge is 2.48. The predicted octanol–water partition coefficient (Wildman–Crippen LogP) is 9.14. The summed E-state index contributed by atoms with van der Waals surface area (Å²) in [5, 5.41) is 12.7. The number of piperazine rings is 1. The fourth-order valence-electron chi connectivity index (χ4n) is 8.40. The Hall–Kier alpha value is -3.39. The normalized spacial score (nSPS) is 19.5. The first-order valence-corrected chi connectivity index (χ1v) is 25.2. The number of morpholine rings is 1. The fourth-order valence-corrected chi connectivity index (χ4v) is 11.1. The molecule has 0 saturated carbocycles. The van der Waals surface area contributed by atoms with E-state index in [2.05, 4.69) is 38.6 Å². The Bertz CT molecular complexity index is 2120. The molecule has 0 bridgehead atoms. The van der Waals surface area contributed by atoms with Crippen molar-refractivity contribution in [3.05, 3.63) is 89.5 Å². The van der Waals surface area contributed by atoms with Gasteiger partial charge in [-0.15, -0.1) is 11.8 Å². The van der Waals surface area contributed by atoms with Gasteiger partial charge in [0.05, 0.1) is 25.0 Å². The highest BCUT2D eigenvalue weighted by Crippen LogP contribution is 2.41. The van der Waals surface area contributed by atoms with Crippen LogP contribution in [-0.2, 0) is 14.6 Å². The molecule has 1 aliphatic carbocycles. The van der Waals surface area contributed by atoms with Crippen molar-refractivity contribution in [1.82, 2.24) is 14.5 Å². The summed E-state index contributed by atoms with van der Waals surface area (Å²) in [4.78, 5) is 20.1. The zero-order valence-corrected chi connectivity index (χ0v) is 38.9. The predicted molar refractivity (Wildman–Crippen MR) is 245 cm³/mol. The number of anilines is 2. The Morgan fingerprint density at radius 1 is 0.938 bits per heavy atom. The van der Waals surface area contributed by atoms with Gasteiger partial charge in [0, 0.05) is 91.6 Å². The van der Waals surface area contributed by atoms with E-state index in [0.29, 0.717) is 50.4 Å². The van der Waals surface area contributed by atoms with Crippen molar-refractivity contribution in [2.75, 3.05) is 81.5 Å². The molecule has 0 aromatic heterocycles. The molecule has 2 atom stereocenters. The summed E-state index contributed by atoms with van der Waals surface area (Å²) in [5.41, 5.74) is -1.56. The number of hydrogen-bond donors (Lipinski definition) is 3. The van der Waals surface area contributed by atoms with E-state index < -0.39 is 38.6 Å². The van der Waals surface area contributed by atoms with Crippen LogP contribution in [0, 0.1) is 5.41 Å². The molecule has 6 rings (SSSR count). The number of rotatable bonds is 20. The number of carbonyl (C=O) groups is 1. The lowest BCUT2D eigenvalue weighted by Gasteiger charge is -2.39. The highest BCUT2D eigenvalue weighted by molar-refractivity contribution is 7.99. The van der Waals surface area contributed by atoms with E-state index in [1.54, 1.807) is 12.1 Å². The molecule has 1 amide bonds. The number of nitrogens with one attached hydrogen (secondary N) is 2. The first-order valence-electron chi connectivity index (χ1n) is 21.9. The molecular formula is C46H60F5N5O5S3. The van der Waals surface area contributed by atoms with E-state index >= 15 is 0 Å². The molecule has 2 saturated heterocycles. The maximum Gasteiger partial charge on any atom is 0.501 e. The molecule has 10 nitrogen and oxygen atoms in total. The summed E-state index contributed by atoms with van der Waals surface area (Å²) in [6.07, 6.45) is 2.07. The number of allylic oxidation sites excluding steroid dienone is 1. The van der Waals surface area contributed by atoms with E-state index in [-0.39, 0.29) is 35.1 Å². The minimum absolute atomic E-state index is 0.0677. The Morgan fingerprint density at radius 2 is 1.67 bits per heavy atom. The second-order valence-electron chi connectivity index (χ2n) is 17.5. The standard InChI is InChI=1S/C46H60F5N5O5S3/c1-45(2)19-17-35(34(28-45)7-6-10-43(47)48)29-55-21-23-56(24-22-55)37-13-11-33(12-14-37)44(58)53-63-40-15-16-41(42(27-40)64(59,60)46(49,50)51)52-36(32-62-39-8-4-3-5-9-39)18-20-54-25-26-61-38(30-54)31-57/h3-5,8-9,11-16,27,36,38,43,52,57H,6-7,10,17-26,28-32H2,1-2H3,(H,53,58). The molecule has 2 heterocycles. The minimum Gasteiger partial charge on any atom is -0.394 e. The maximum absolute atomic E-state index is 14.1. The topological polar surface area (TPSA) is 114 Å². The quantitative estimate of drug-likeness (QED) is 0.0436. The number of halogens is 5. The van der Waals surface area contributed by atoms with Crippen molar-refractivity contribution in [3.63, 3.8) is 0 Å². The number of amides is 1. The third-order valence-corrected chi connectivity index (χ3v) is 15.5. The van der Waals surface area contributed by atoms with Gasteiger partial charge in [-0.25, -0.2) is 17.2 Å². The van der Waals surface area contributed by atoms with Gasteiger partial charge in [0.1, 0.15) is 4.90 Å². The van der Waals surface area contributed by atoms with Gasteiger partial charge < -0.3 is 20.1 Å². The smallest absolute Gasteiger partial charge is 0.394 e. The molecule has 18 heteroatoms. The molecule has 3 N–H and O–H groups in total. The van der Waals surface area contributed by atoms with Crippen LogP contribution in [-0.4, -0.2) is 125 Å². The fraction of sp³-hybridized carbons (Fsp3) is 0.543. The highest BCUT2D eigenvalue weighted by atomic mass is 32.2. The van der Waals surface area contributed by atoms with Gasteiger partial charge in [-0.3, -0.25) is 19.3 Å². The van der Waals surface area contributed by atoms with Crippen molar-refractivity contribution in [3.8, 4) is 0 Å². The monoisotopic (exact) mass is 953 g/mol. The van der Waals surface area contributed by atoms with Crippen LogP contribution in [0.5, 0.6) is 0 Å². The summed E-state index contributed by atoms with van der Waals surface area (Å²) < 4.78 is 102. The van der Waals surface area contributed by atoms with Crippen LogP contribution in [0.15, 0.2) is 98.6 Å². The Kier molecular flexibility index (Phi) is 17.9. The number of aliphatic hydroxyl groups excluding tert-OH is 1. The zero-order valence-electron chi connectivity index (χ0n) is 36.4. The third-order valence-electron chi connectivity index (χ3n) is 12.1. The summed E-state index contributed by atoms with van der Waals surface area (Å²) in [6, 6.07) is 19.8. The molecule has 0 spiro atoms. The van der Waals surface area contributed by atoms with Crippen LogP contribution in [0.25, 0.3) is 0 Å². The van der Waals surface area contributed by atoms with Crippen LogP contribution >= 0.6 is 23.7 Å². The van der Waals surface area contributed by atoms with Crippen LogP contribution in [0.4, 0.5) is 33.3 Å². The number of thioether (sulfide) groups is 1. The number of aliphatic hydroxyl groups is 1. The van der Waals surface area contributed by atoms with Gasteiger partial charge in [-0.05, 0) is 110 Å². The first kappa shape index (κ1) is 50.0. The van der Waals surface area contributed by atoms with Crippen LogP contribution in [0.2, 0.25) is 0 Å². The average Bonchev–Trinajstić information content (AvgIpc) is 3.27. The zero-order chi connectivity index (χ0) is 45.9. The third kappa shape index (κ3) is 14.3. The number of sulfone groups is 1. The van der Waals surface area contributed by atoms with Gasteiger partial charge in [0.15, 0.2) is 0 Å². The van der Waals surface area contributed by atoms with Gasteiger partial charge in [0.2, 0.25) is 6.43 Å². The molecule has 352 valence electrons. The summed E-state index contributed by atoms with van der Waals surface area (Å²) >= 11 is 2.22. The van der Waals surface area contributed by atoms with Crippen LogP contribution < -0.4 is 14.9 Å². The number of alkyl halides is 5. The summed E-state index contributed by atoms with van der Waals surface area (Å²) in [5.74, 6) is -0.0703. The largest absolute Gasteiger partial charge is 0.501 e. The number of carbonyl (C=O) groups excluding carboxylic acids is 1. The molecule has 2 unspecified atom stereocenters. The lowest BCUT2D eigenvalue weighted by molar-refractivity contribution is -0.0529. The number of benzene rings is 3. The molecule has 0 radical (unpaired) electrons. The second kappa shape index (κ2) is 22.9. The van der Waals surface area contributed by atoms with Crippen molar-refractivity contribution >= 4 is 50.8 Å². The first-order chi connectivity index (χ1) is 30.5. The van der Waals surface area contributed by atoms with Crippen molar-refractivity contribution in [1.29, 1.82) is 0 Å². The lowest BCUT2D eigenvalue weighted by atomic mass is 9.73. The van der Waals surface area contributed by atoms with Gasteiger partial charge >= 0.3 is 5.51 Å². The maximum atomic E-state index is 14.1. The average molecular weight is 954 g/mol. The summed E-state index contributed by atoms with van der Waals surface area (Å²) in [6.45, 7) is 10.6. The van der Waals surface area contributed by atoms with Crippen LogP contribution in [0.3, 0.4) is 0 Å². The van der Waals surface area contributed by atoms with Crippen LogP contribution in [0.1, 0.15) is 69.2 Å². The molecule has 2 aliphatic heterocycles. The van der Waals surface area contributed by atoms with Crippen molar-refractivity contribution in [2.45, 2.75) is 97.6 Å². The summed E-state index contributed by atoms with van der Waals surface area (Å²) in [7, 11) is -5.80. The van der Waals surface area contributed by atoms with E-state index in [9.17, 15) is 40.3 Å². The molecule has 3 aromatic rings. The van der Waals surface area contributed by atoms with Gasteiger partial charge in [0.25, 0.3) is 15.7 Å². The van der Waals surface area contributed by atoms with E-state index in [1.807, 2.05) is 42.5 Å². The Labute approximate surface area is 382 Å². The lowest BCUT2D eigenvalue weighted by Crippen LogP contribution is -2.47. The SMILES string of the molecule is CC1(C)CCC(CN2CCN(c3ccc(C(=O)NSc4ccc(NC(CCN5CCOC(CO)C5)CSc5ccccc5)c(S(=O)(=O)C(F)(F)F)c4)cc3)CC2)=C(CCCC(F)F)C1.